The molecule has 3 amide bonds. The molecular formula is C16H19N3O4. The van der Waals surface area contributed by atoms with Crippen LogP contribution in [-0.2, 0) is 14.4 Å². The highest BCUT2D eigenvalue weighted by Crippen LogP contribution is 2.12. The molecule has 1 aromatic rings. The molecule has 0 saturated carbocycles. The van der Waals surface area contributed by atoms with E-state index >= 15 is 0 Å². The van der Waals surface area contributed by atoms with Gasteiger partial charge in [-0.15, -0.1) is 0 Å². The number of nitrogens with one attached hydrogen (secondary N) is 1. The number of ketones is 1. The number of carbonyl (C=O) groups excluding carboxylic acids is 4. The van der Waals surface area contributed by atoms with Crippen molar-refractivity contribution in [3.63, 3.8) is 0 Å². The van der Waals surface area contributed by atoms with Gasteiger partial charge in [-0.05, 0) is 19.1 Å². The maximum absolute atomic E-state index is 12.1. The zero-order valence-corrected chi connectivity index (χ0v) is 13.2. The van der Waals surface area contributed by atoms with Crippen molar-refractivity contribution in [2.75, 3.05) is 31.5 Å². The lowest BCUT2D eigenvalue weighted by atomic mass is 10.1. The van der Waals surface area contributed by atoms with Crippen molar-refractivity contribution in [3.8, 4) is 0 Å². The molecule has 0 unspecified atom stereocenters. The van der Waals surface area contributed by atoms with Gasteiger partial charge < -0.3 is 15.1 Å². The fraction of sp³-hybridized carbons (Fsp3) is 0.375. The molecule has 0 spiro atoms. The Balaban J connectivity index is 1.96. The Morgan fingerprint density at radius 2 is 1.57 bits per heavy atom. The molecule has 7 nitrogen and oxygen atoms in total. The fourth-order valence-electron chi connectivity index (χ4n) is 2.37. The number of Topliss-reactive ketones (excluding diaryl/α,β-unsaturated/α-hetero) is 1. The van der Waals surface area contributed by atoms with E-state index in [0.29, 0.717) is 37.4 Å². The first-order valence-electron chi connectivity index (χ1n) is 7.35. The van der Waals surface area contributed by atoms with Crippen molar-refractivity contribution in [3.05, 3.63) is 29.8 Å². The highest BCUT2D eigenvalue weighted by molar-refractivity contribution is 6.39. The summed E-state index contributed by atoms with van der Waals surface area (Å²) in [5.74, 6) is -1.54. The number of hydrogen-bond acceptors (Lipinski definition) is 4. The van der Waals surface area contributed by atoms with E-state index in [1.807, 2.05) is 0 Å². The van der Waals surface area contributed by atoms with E-state index in [0.717, 1.165) is 0 Å². The number of nitrogens with zero attached hydrogens (tertiary/aromatic N) is 2. The van der Waals surface area contributed by atoms with Crippen molar-refractivity contribution in [2.24, 2.45) is 0 Å². The zero-order chi connectivity index (χ0) is 17.0. The van der Waals surface area contributed by atoms with Crippen LogP contribution in [0.4, 0.5) is 5.69 Å². The van der Waals surface area contributed by atoms with Gasteiger partial charge in [0.1, 0.15) is 0 Å². The summed E-state index contributed by atoms with van der Waals surface area (Å²) in [6.45, 7) is 4.42. The Hall–Kier alpha value is -2.70. The van der Waals surface area contributed by atoms with E-state index in [1.54, 1.807) is 23.1 Å². The SMILES string of the molecule is CC(=O)c1cccc(NC(=O)C(=O)N2CCN(C(C)=O)CC2)c1. The molecule has 1 saturated heterocycles. The van der Waals surface area contributed by atoms with Crippen molar-refractivity contribution >= 4 is 29.2 Å². The van der Waals surface area contributed by atoms with E-state index in [2.05, 4.69) is 5.32 Å². The Morgan fingerprint density at radius 3 is 2.13 bits per heavy atom. The summed E-state index contributed by atoms with van der Waals surface area (Å²) < 4.78 is 0. The molecule has 0 bridgehead atoms. The third-order valence-electron chi connectivity index (χ3n) is 3.73. The number of hydrogen-bond donors (Lipinski definition) is 1. The topological polar surface area (TPSA) is 86.8 Å². The van der Waals surface area contributed by atoms with Gasteiger partial charge in [0.25, 0.3) is 0 Å². The predicted octanol–water partition coefficient (Wildman–Crippen LogP) is 0.518. The molecule has 1 heterocycles. The van der Waals surface area contributed by atoms with Crippen LogP contribution in [0, 0.1) is 0 Å². The Labute approximate surface area is 134 Å². The maximum atomic E-state index is 12.1. The zero-order valence-electron chi connectivity index (χ0n) is 13.2. The Bertz CT molecular complexity index is 648. The minimum atomic E-state index is -0.748. The van der Waals surface area contributed by atoms with Crippen LogP contribution in [0.25, 0.3) is 0 Å². The summed E-state index contributed by atoms with van der Waals surface area (Å²) in [6.07, 6.45) is 0. The van der Waals surface area contributed by atoms with E-state index < -0.39 is 11.8 Å². The second kappa shape index (κ2) is 7.04. The van der Waals surface area contributed by atoms with E-state index in [9.17, 15) is 19.2 Å². The lowest BCUT2D eigenvalue weighted by Crippen LogP contribution is -2.52. The van der Waals surface area contributed by atoms with Crippen molar-refractivity contribution in [1.82, 2.24) is 9.80 Å². The number of piperazine rings is 1. The first-order chi connectivity index (χ1) is 10.9. The van der Waals surface area contributed by atoms with Gasteiger partial charge in [0.2, 0.25) is 5.91 Å². The van der Waals surface area contributed by atoms with Gasteiger partial charge in [0.05, 0.1) is 0 Å². The van der Waals surface area contributed by atoms with Crippen LogP contribution in [0.2, 0.25) is 0 Å². The molecule has 1 fully saturated rings. The molecular weight excluding hydrogens is 298 g/mol. The van der Waals surface area contributed by atoms with Gasteiger partial charge in [-0.1, -0.05) is 12.1 Å². The standard InChI is InChI=1S/C16H19N3O4/c1-11(20)13-4-3-5-14(10-13)17-15(22)16(23)19-8-6-18(7-9-19)12(2)21/h3-5,10H,6-9H2,1-2H3,(H,17,22). The number of amides is 3. The molecule has 2 rings (SSSR count). The van der Waals surface area contributed by atoms with Crippen LogP contribution in [0.1, 0.15) is 24.2 Å². The molecule has 1 aromatic carbocycles. The fourth-order valence-corrected chi connectivity index (χ4v) is 2.37. The monoisotopic (exact) mass is 317 g/mol. The van der Waals surface area contributed by atoms with E-state index in [1.165, 1.54) is 24.8 Å². The molecule has 7 heteroatoms. The van der Waals surface area contributed by atoms with Crippen molar-refractivity contribution < 1.29 is 19.2 Å². The summed E-state index contributed by atoms with van der Waals surface area (Å²) in [4.78, 5) is 49.8. The summed E-state index contributed by atoms with van der Waals surface area (Å²) in [5.41, 5.74) is 0.865. The van der Waals surface area contributed by atoms with Crippen LogP contribution in [0.5, 0.6) is 0 Å². The molecule has 0 atom stereocenters. The van der Waals surface area contributed by atoms with Crippen LogP contribution in [-0.4, -0.2) is 59.5 Å². The van der Waals surface area contributed by atoms with Gasteiger partial charge in [0, 0.05) is 44.4 Å². The second-order valence-corrected chi connectivity index (χ2v) is 5.39. The predicted molar refractivity (Wildman–Crippen MR) is 83.9 cm³/mol. The van der Waals surface area contributed by atoms with Gasteiger partial charge >= 0.3 is 11.8 Å². The van der Waals surface area contributed by atoms with Crippen LogP contribution < -0.4 is 5.32 Å². The van der Waals surface area contributed by atoms with Crippen molar-refractivity contribution in [1.29, 1.82) is 0 Å². The quantitative estimate of drug-likeness (QED) is 0.636. The summed E-state index contributed by atoms with van der Waals surface area (Å²) in [6, 6.07) is 6.43. The van der Waals surface area contributed by atoms with E-state index in [-0.39, 0.29) is 11.7 Å². The first kappa shape index (κ1) is 16.7. The molecule has 1 aliphatic rings. The number of carbonyl (C=O) groups is 4. The molecule has 0 aromatic heterocycles. The molecule has 1 aliphatic heterocycles. The van der Waals surface area contributed by atoms with Crippen molar-refractivity contribution in [2.45, 2.75) is 13.8 Å². The lowest BCUT2D eigenvalue weighted by molar-refractivity contribution is -0.145. The van der Waals surface area contributed by atoms with Gasteiger partial charge in [0.15, 0.2) is 5.78 Å². The van der Waals surface area contributed by atoms with Gasteiger partial charge in [-0.2, -0.15) is 0 Å². The normalized spacial score (nSPS) is 14.3. The van der Waals surface area contributed by atoms with E-state index in [4.69, 9.17) is 0 Å². The summed E-state index contributed by atoms with van der Waals surface area (Å²) in [7, 11) is 0. The average Bonchev–Trinajstić information content (AvgIpc) is 2.54. The number of anilines is 1. The third-order valence-corrected chi connectivity index (χ3v) is 3.73. The minimum absolute atomic E-state index is 0.0393. The molecule has 0 radical (unpaired) electrons. The molecule has 122 valence electrons. The van der Waals surface area contributed by atoms with Gasteiger partial charge in [-0.25, -0.2) is 0 Å². The van der Waals surface area contributed by atoms with Crippen LogP contribution >= 0.6 is 0 Å². The molecule has 23 heavy (non-hydrogen) atoms. The Kier molecular flexibility index (Phi) is 5.10. The minimum Gasteiger partial charge on any atom is -0.339 e. The lowest BCUT2D eigenvalue weighted by Gasteiger charge is -2.33. The van der Waals surface area contributed by atoms with Crippen LogP contribution in [0.3, 0.4) is 0 Å². The number of benzene rings is 1. The molecule has 1 N–H and O–H groups in total. The molecule has 0 aliphatic carbocycles. The smallest absolute Gasteiger partial charge is 0.313 e. The highest BCUT2D eigenvalue weighted by Gasteiger charge is 2.26. The number of rotatable bonds is 2. The van der Waals surface area contributed by atoms with Crippen LogP contribution in [0.15, 0.2) is 24.3 Å². The second-order valence-electron chi connectivity index (χ2n) is 5.39. The summed E-state index contributed by atoms with van der Waals surface area (Å²) >= 11 is 0. The summed E-state index contributed by atoms with van der Waals surface area (Å²) in [5, 5.41) is 2.51. The third kappa shape index (κ3) is 4.15. The first-order valence-corrected chi connectivity index (χ1v) is 7.35. The maximum Gasteiger partial charge on any atom is 0.313 e. The average molecular weight is 317 g/mol. The Morgan fingerprint density at radius 1 is 0.957 bits per heavy atom. The van der Waals surface area contributed by atoms with Gasteiger partial charge in [-0.3, -0.25) is 19.2 Å². The largest absolute Gasteiger partial charge is 0.339 e. The highest BCUT2D eigenvalue weighted by atomic mass is 16.2.